The molecule has 1 saturated heterocycles. The monoisotopic (exact) mass is 375 g/mol. The van der Waals surface area contributed by atoms with Crippen LogP contribution in [0.1, 0.15) is 11.1 Å². The van der Waals surface area contributed by atoms with E-state index in [1.807, 2.05) is 36.4 Å². The minimum Gasteiger partial charge on any atom is -0.456 e. The number of rotatable bonds is 2. The fourth-order valence-electron chi connectivity index (χ4n) is 3.86. The molecule has 0 radical (unpaired) electrons. The van der Waals surface area contributed by atoms with E-state index in [0.717, 1.165) is 59.1 Å². The lowest BCUT2D eigenvalue weighted by molar-refractivity contribution is 0.122. The maximum absolute atomic E-state index is 12.4. The molecule has 0 saturated carbocycles. The maximum Gasteiger partial charge on any atom is 0.250 e. The molecule has 28 heavy (non-hydrogen) atoms. The summed E-state index contributed by atoms with van der Waals surface area (Å²) in [7, 11) is 0. The van der Waals surface area contributed by atoms with Gasteiger partial charge >= 0.3 is 0 Å². The molecule has 2 aromatic carbocycles. The molecule has 0 unspecified atom stereocenters. The van der Waals surface area contributed by atoms with Gasteiger partial charge in [0.05, 0.1) is 18.9 Å². The summed E-state index contributed by atoms with van der Waals surface area (Å²) in [6, 6.07) is 15.4. The first kappa shape index (κ1) is 16.9. The zero-order valence-electron chi connectivity index (χ0n) is 15.4. The van der Waals surface area contributed by atoms with Gasteiger partial charge in [-0.2, -0.15) is 0 Å². The fourth-order valence-corrected chi connectivity index (χ4v) is 3.86. The minimum atomic E-state index is -0.128. The van der Waals surface area contributed by atoms with Gasteiger partial charge in [0, 0.05) is 48.6 Å². The van der Waals surface area contributed by atoms with Crippen LogP contribution < -0.4 is 20.9 Å². The van der Waals surface area contributed by atoms with Crippen molar-refractivity contribution in [3.8, 4) is 22.8 Å². The molecule has 0 aliphatic carbocycles. The van der Waals surface area contributed by atoms with Crippen LogP contribution in [0.2, 0.25) is 0 Å². The van der Waals surface area contributed by atoms with Gasteiger partial charge in [0.2, 0.25) is 5.56 Å². The zero-order chi connectivity index (χ0) is 19.1. The summed E-state index contributed by atoms with van der Waals surface area (Å²) in [6.45, 7) is 2.90. The highest BCUT2D eigenvalue weighted by molar-refractivity contribution is 5.74. The normalized spacial score (nSPS) is 15.5. The van der Waals surface area contributed by atoms with E-state index < -0.39 is 0 Å². The number of pyridine rings is 1. The van der Waals surface area contributed by atoms with E-state index in [0.29, 0.717) is 18.9 Å². The molecule has 0 amide bonds. The van der Waals surface area contributed by atoms with E-state index in [1.54, 1.807) is 6.07 Å². The number of hydrogen-bond acceptors (Lipinski definition) is 5. The molecule has 0 spiro atoms. The smallest absolute Gasteiger partial charge is 0.250 e. The van der Waals surface area contributed by atoms with Crippen molar-refractivity contribution in [2.45, 2.75) is 6.42 Å². The Morgan fingerprint density at radius 3 is 2.71 bits per heavy atom. The Hall–Kier alpha value is -3.25. The van der Waals surface area contributed by atoms with E-state index >= 15 is 0 Å². The minimum absolute atomic E-state index is 0.128. The lowest BCUT2D eigenvalue weighted by Crippen LogP contribution is -2.36. The predicted molar refractivity (Wildman–Crippen MR) is 109 cm³/mol. The van der Waals surface area contributed by atoms with E-state index in [2.05, 4.69) is 16.0 Å². The molecule has 0 atom stereocenters. The predicted octanol–water partition coefficient (Wildman–Crippen LogP) is 3.16. The summed E-state index contributed by atoms with van der Waals surface area (Å²) < 4.78 is 11.7. The lowest BCUT2D eigenvalue weighted by Gasteiger charge is -2.29. The van der Waals surface area contributed by atoms with Crippen molar-refractivity contribution >= 4 is 11.4 Å². The van der Waals surface area contributed by atoms with Crippen LogP contribution in [0.5, 0.6) is 11.5 Å². The van der Waals surface area contributed by atoms with E-state index in [-0.39, 0.29) is 5.56 Å². The molecular weight excluding hydrogens is 354 g/mol. The Labute approximate surface area is 162 Å². The molecule has 3 aromatic rings. The van der Waals surface area contributed by atoms with Gasteiger partial charge in [-0.3, -0.25) is 4.79 Å². The second-order valence-corrected chi connectivity index (χ2v) is 7.16. The number of nitrogens with zero attached hydrogens (tertiary/aromatic N) is 1. The van der Waals surface area contributed by atoms with E-state index in [1.165, 1.54) is 0 Å². The van der Waals surface area contributed by atoms with Gasteiger partial charge in [-0.1, -0.05) is 18.2 Å². The lowest BCUT2D eigenvalue weighted by atomic mass is 9.96. The topological polar surface area (TPSA) is 80.6 Å². The Kier molecular flexibility index (Phi) is 4.06. The van der Waals surface area contributed by atoms with Crippen LogP contribution in [0, 0.1) is 0 Å². The second kappa shape index (κ2) is 6.73. The number of aromatic nitrogens is 1. The molecule has 2 aliphatic heterocycles. The van der Waals surface area contributed by atoms with Crippen molar-refractivity contribution in [2.24, 2.45) is 0 Å². The molecule has 1 fully saturated rings. The van der Waals surface area contributed by atoms with Crippen molar-refractivity contribution < 1.29 is 9.47 Å². The molecule has 3 N–H and O–H groups in total. The summed E-state index contributed by atoms with van der Waals surface area (Å²) in [4.78, 5) is 17.5. The van der Waals surface area contributed by atoms with Gasteiger partial charge in [0.25, 0.3) is 0 Å². The first-order valence-corrected chi connectivity index (χ1v) is 9.43. The van der Waals surface area contributed by atoms with Gasteiger partial charge in [0.1, 0.15) is 11.5 Å². The molecule has 6 heteroatoms. The maximum atomic E-state index is 12.4. The van der Waals surface area contributed by atoms with Crippen LogP contribution >= 0.6 is 0 Å². The highest BCUT2D eigenvalue weighted by atomic mass is 16.5. The van der Waals surface area contributed by atoms with Crippen LogP contribution in [0.3, 0.4) is 0 Å². The number of hydrogen-bond donors (Lipinski definition) is 2. The third-order valence-corrected chi connectivity index (χ3v) is 5.28. The van der Waals surface area contributed by atoms with Crippen LogP contribution in [0.4, 0.5) is 11.4 Å². The number of morpholine rings is 1. The van der Waals surface area contributed by atoms with E-state index in [4.69, 9.17) is 15.2 Å². The Bertz CT molecular complexity index is 1100. The molecule has 2 aliphatic rings. The Balaban J connectivity index is 1.58. The quantitative estimate of drug-likeness (QED) is 0.526. The van der Waals surface area contributed by atoms with Gasteiger partial charge < -0.3 is 25.1 Å². The van der Waals surface area contributed by atoms with Crippen molar-refractivity contribution in [2.75, 3.05) is 36.9 Å². The van der Waals surface area contributed by atoms with Gasteiger partial charge in [-0.25, -0.2) is 0 Å². The largest absolute Gasteiger partial charge is 0.456 e. The second-order valence-electron chi connectivity index (χ2n) is 7.16. The number of ether oxygens (including phenoxy) is 2. The molecule has 1 aromatic heterocycles. The fraction of sp³-hybridized carbons (Fsp3) is 0.227. The number of H-pyrrole nitrogens is 1. The van der Waals surface area contributed by atoms with E-state index in [9.17, 15) is 4.79 Å². The molecule has 3 heterocycles. The van der Waals surface area contributed by atoms with Crippen LogP contribution in [-0.2, 0) is 11.2 Å². The number of fused-ring (bicyclic) bond motifs is 2. The number of anilines is 2. The highest BCUT2D eigenvalue weighted by Crippen LogP contribution is 2.43. The van der Waals surface area contributed by atoms with Crippen molar-refractivity contribution in [1.82, 2.24) is 4.98 Å². The number of nitrogens with two attached hydrogens (primary N) is 1. The van der Waals surface area contributed by atoms with Crippen LogP contribution in [0.25, 0.3) is 11.3 Å². The standard InChI is InChI=1S/C22H21N3O3/c23-16-5-4-14-10-15-2-1-3-18(22(15)28-20(14)11-16)19-12-17(13-21(26)24-19)25-6-8-27-9-7-25/h1-5,11-13H,6-10,23H2,(H,24,26). The number of para-hydroxylation sites is 1. The first-order valence-electron chi connectivity index (χ1n) is 9.43. The Morgan fingerprint density at radius 2 is 1.86 bits per heavy atom. The average Bonchev–Trinajstić information content (AvgIpc) is 2.72. The number of benzene rings is 2. The van der Waals surface area contributed by atoms with Crippen LogP contribution in [0.15, 0.2) is 53.3 Å². The number of nitrogen functional groups attached to an aromatic ring is 1. The summed E-state index contributed by atoms with van der Waals surface area (Å²) >= 11 is 0. The third kappa shape index (κ3) is 3.01. The zero-order valence-corrected chi connectivity index (χ0v) is 15.4. The first-order chi connectivity index (χ1) is 13.7. The molecule has 142 valence electrons. The number of nitrogens with one attached hydrogen (secondary N) is 1. The summed E-state index contributed by atoms with van der Waals surface area (Å²) in [5, 5.41) is 0. The summed E-state index contributed by atoms with van der Waals surface area (Å²) in [6.07, 6.45) is 0.770. The van der Waals surface area contributed by atoms with Gasteiger partial charge in [0.15, 0.2) is 0 Å². The summed E-state index contributed by atoms with van der Waals surface area (Å²) in [5.74, 6) is 1.54. The van der Waals surface area contributed by atoms with Crippen LogP contribution in [-0.4, -0.2) is 31.3 Å². The number of aromatic amines is 1. The molecule has 6 nitrogen and oxygen atoms in total. The highest BCUT2D eigenvalue weighted by Gasteiger charge is 2.22. The van der Waals surface area contributed by atoms with Crippen molar-refractivity contribution in [3.05, 3.63) is 70.0 Å². The molecular formula is C22H21N3O3. The summed E-state index contributed by atoms with van der Waals surface area (Å²) in [5.41, 5.74) is 11.2. The van der Waals surface area contributed by atoms with Gasteiger partial charge in [-0.15, -0.1) is 0 Å². The van der Waals surface area contributed by atoms with Gasteiger partial charge in [-0.05, 0) is 29.3 Å². The Morgan fingerprint density at radius 1 is 1.00 bits per heavy atom. The molecule has 5 rings (SSSR count). The molecule has 0 bridgehead atoms. The van der Waals surface area contributed by atoms with Crippen molar-refractivity contribution in [3.63, 3.8) is 0 Å². The van der Waals surface area contributed by atoms with Crippen molar-refractivity contribution in [1.29, 1.82) is 0 Å². The average molecular weight is 375 g/mol. The third-order valence-electron chi connectivity index (χ3n) is 5.28. The SMILES string of the molecule is Nc1ccc2c(c1)Oc1c(cccc1-c1cc(N3CCOCC3)cc(=O)[nH]1)C2.